The Hall–Kier alpha value is -2.08. The average molecular weight is 304 g/mol. The molecule has 2 amide bonds. The molecule has 0 aromatic heterocycles. The molecule has 118 valence electrons. The van der Waals surface area contributed by atoms with Gasteiger partial charge in [0.1, 0.15) is 6.73 Å². The van der Waals surface area contributed by atoms with Crippen LogP contribution in [-0.4, -0.2) is 36.5 Å². The van der Waals surface area contributed by atoms with Crippen molar-refractivity contribution in [2.45, 2.75) is 31.8 Å². The molecule has 2 aliphatic rings. The molecule has 1 N–H and O–H groups in total. The molecule has 1 aliphatic heterocycles. The van der Waals surface area contributed by atoms with Crippen molar-refractivity contribution in [2.75, 3.05) is 18.8 Å². The second kappa shape index (κ2) is 6.79. The lowest BCUT2D eigenvalue weighted by molar-refractivity contribution is -0.176. The molecule has 1 saturated heterocycles. The first-order valence-corrected chi connectivity index (χ1v) is 7.63. The van der Waals surface area contributed by atoms with Gasteiger partial charge in [-0.15, -0.1) is 0 Å². The first-order valence-electron chi connectivity index (χ1n) is 7.63. The number of carbonyl (C=O) groups is 2. The van der Waals surface area contributed by atoms with E-state index in [0.717, 1.165) is 25.7 Å². The van der Waals surface area contributed by atoms with Crippen LogP contribution in [0.25, 0.3) is 0 Å². The summed E-state index contributed by atoms with van der Waals surface area (Å²) in [6.07, 6.45) is 3.43. The van der Waals surface area contributed by atoms with E-state index in [4.69, 9.17) is 9.47 Å². The summed E-state index contributed by atoms with van der Waals surface area (Å²) in [5.74, 6) is -0.0493. The maximum atomic E-state index is 12.4. The fourth-order valence-corrected chi connectivity index (χ4v) is 2.98. The van der Waals surface area contributed by atoms with Crippen molar-refractivity contribution in [3.63, 3.8) is 0 Å². The second-order valence-electron chi connectivity index (χ2n) is 5.66. The quantitative estimate of drug-likeness (QED) is 0.932. The Balaban J connectivity index is 1.49. The zero-order valence-electron chi connectivity index (χ0n) is 12.4. The Kier molecular flexibility index (Phi) is 4.58. The summed E-state index contributed by atoms with van der Waals surface area (Å²) >= 11 is 0. The zero-order chi connectivity index (χ0) is 15.4. The number of carbonyl (C=O) groups excluding carboxylic acids is 2. The maximum Gasteiger partial charge on any atom is 0.413 e. The van der Waals surface area contributed by atoms with Gasteiger partial charge < -0.3 is 9.47 Å². The van der Waals surface area contributed by atoms with E-state index >= 15 is 0 Å². The van der Waals surface area contributed by atoms with E-state index < -0.39 is 6.09 Å². The number of hydrogen-bond acceptors (Lipinski definition) is 4. The van der Waals surface area contributed by atoms with E-state index in [9.17, 15) is 9.59 Å². The summed E-state index contributed by atoms with van der Waals surface area (Å²) in [4.78, 5) is 25.6. The molecule has 1 heterocycles. The van der Waals surface area contributed by atoms with Gasteiger partial charge in [0.15, 0.2) is 6.73 Å². The standard InChI is InChI=1S/C16H20N2O4/c19-15-13-8-4-5-9-14(13)21-10-18(15)11-22-16(20)17-12-6-2-1-3-7-12/h1-3,6-7,13-14H,4-5,8-11H2,(H,17,20)/t13-,14+/m1/s1. The predicted octanol–water partition coefficient (Wildman–Crippen LogP) is 2.57. The maximum absolute atomic E-state index is 12.4. The number of nitrogens with zero attached hydrogens (tertiary/aromatic N) is 1. The molecule has 0 radical (unpaired) electrons. The van der Waals surface area contributed by atoms with Gasteiger partial charge in [0, 0.05) is 5.69 Å². The lowest BCUT2D eigenvalue weighted by Crippen LogP contribution is -2.51. The van der Waals surface area contributed by atoms with Crippen LogP contribution in [-0.2, 0) is 14.3 Å². The largest absolute Gasteiger partial charge is 0.428 e. The molecule has 1 aromatic rings. The summed E-state index contributed by atoms with van der Waals surface area (Å²) in [6.45, 7) is 0.110. The molecule has 0 spiro atoms. The van der Waals surface area contributed by atoms with Gasteiger partial charge in [0.25, 0.3) is 0 Å². The van der Waals surface area contributed by atoms with Crippen LogP contribution in [0.1, 0.15) is 25.7 Å². The van der Waals surface area contributed by atoms with E-state index in [-0.39, 0.29) is 31.4 Å². The number of fused-ring (bicyclic) bond motifs is 1. The smallest absolute Gasteiger partial charge is 0.413 e. The molecule has 6 heteroatoms. The number of para-hydroxylation sites is 1. The molecule has 2 fully saturated rings. The highest BCUT2D eigenvalue weighted by atomic mass is 16.6. The van der Waals surface area contributed by atoms with Gasteiger partial charge in [-0.3, -0.25) is 15.0 Å². The van der Waals surface area contributed by atoms with Crippen molar-refractivity contribution in [3.8, 4) is 0 Å². The van der Waals surface area contributed by atoms with E-state index in [0.29, 0.717) is 5.69 Å². The van der Waals surface area contributed by atoms with Gasteiger partial charge in [-0.05, 0) is 25.0 Å². The van der Waals surface area contributed by atoms with Crippen LogP contribution in [0.2, 0.25) is 0 Å². The highest BCUT2D eigenvalue weighted by Crippen LogP contribution is 2.31. The average Bonchev–Trinajstić information content (AvgIpc) is 2.55. The fourth-order valence-electron chi connectivity index (χ4n) is 2.98. The van der Waals surface area contributed by atoms with Crippen molar-refractivity contribution in [1.29, 1.82) is 0 Å². The molecule has 22 heavy (non-hydrogen) atoms. The van der Waals surface area contributed by atoms with E-state index in [1.807, 2.05) is 18.2 Å². The number of amides is 2. The first-order chi connectivity index (χ1) is 10.7. The zero-order valence-corrected chi connectivity index (χ0v) is 12.4. The normalized spacial score (nSPS) is 24.5. The Bertz CT molecular complexity index is 534. The third-order valence-corrected chi connectivity index (χ3v) is 4.15. The van der Waals surface area contributed by atoms with Crippen molar-refractivity contribution in [1.82, 2.24) is 4.90 Å². The van der Waals surface area contributed by atoms with Crippen molar-refractivity contribution in [3.05, 3.63) is 30.3 Å². The third kappa shape index (κ3) is 3.39. The molecule has 6 nitrogen and oxygen atoms in total. The molecule has 0 bridgehead atoms. The first kappa shape index (κ1) is 14.8. The van der Waals surface area contributed by atoms with Crippen molar-refractivity contribution < 1.29 is 19.1 Å². The monoisotopic (exact) mass is 304 g/mol. The molecule has 3 rings (SSSR count). The van der Waals surface area contributed by atoms with E-state index in [1.165, 1.54) is 4.90 Å². The van der Waals surface area contributed by atoms with Crippen LogP contribution in [0.15, 0.2) is 30.3 Å². The van der Waals surface area contributed by atoms with Crippen molar-refractivity contribution in [2.24, 2.45) is 5.92 Å². The minimum absolute atomic E-state index is 0.0310. The highest BCUT2D eigenvalue weighted by Gasteiger charge is 2.39. The summed E-state index contributed by atoms with van der Waals surface area (Å²) in [5, 5.41) is 2.61. The summed E-state index contributed by atoms with van der Waals surface area (Å²) in [7, 11) is 0. The Morgan fingerprint density at radius 3 is 2.86 bits per heavy atom. The summed E-state index contributed by atoms with van der Waals surface area (Å²) in [5.41, 5.74) is 0.654. The van der Waals surface area contributed by atoms with Crippen LogP contribution in [0.3, 0.4) is 0 Å². The molecule has 2 atom stereocenters. The number of nitrogens with one attached hydrogen (secondary N) is 1. The lowest BCUT2D eigenvalue weighted by Gasteiger charge is -2.39. The molecule has 1 saturated carbocycles. The second-order valence-corrected chi connectivity index (χ2v) is 5.66. The van der Waals surface area contributed by atoms with Gasteiger partial charge in [0.2, 0.25) is 5.91 Å². The number of ether oxygens (including phenoxy) is 2. The molecule has 1 aromatic carbocycles. The molecular weight excluding hydrogens is 284 g/mol. The minimum Gasteiger partial charge on any atom is -0.428 e. The van der Waals surface area contributed by atoms with Crippen LogP contribution in [0, 0.1) is 5.92 Å². The third-order valence-electron chi connectivity index (χ3n) is 4.15. The number of anilines is 1. The summed E-state index contributed by atoms with van der Waals surface area (Å²) in [6, 6.07) is 9.04. The molecule has 0 unspecified atom stereocenters. The van der Waals surface area contributed by atoms with Crippen LogP contribution >= 0.6 is 0 Å². The van der Waals surface area contributed by atoms with E-state index in [1.54, 1.807) is 12.1 Å². The van der Waals surface area contributed by atoms with Gasteiger partial charge >= 0.3 is 6.09 Å². The minimum atomic E-state index is -0.579. The lowest BCUT2D eigenvalue weighted by atomic mass is 9.85. The number of benzene rings is 1. The van der Waals surface area contributed by atoms with Crippen molar-refractivity contribution >= 4 is 17.7 Å². The van der Waals surface area contributed by atoms with Crippen LogP contribution in [0.4, 0.5) is 10.5 Å². The SMILES string of the molecule is O=C(Nc1ccccc1)OCN1CO[C@H]2CCCC[C@H]2C1=O. The Labute approximate surface area is 129 Å². The Morgan fingerprint density at radius 1 is 1.27 bits per heavy atom. The Morgan fingerprint density at radius 2 is 2.05 bits per heavy atom. The summed E-state index contributed by atoms with van der Waals surface area (Å²) < 4.78 is 10.8. The fraction of sp³-hybridized carbons (Fsp3) is 0.500. The number of hydrogen-bond donors (Lipinski definition) is 1. The molecular formula is C16H20N2O4. The molecule has 1 aliphatic carbocycles. The van der Waals surface area contributed by atoms with Gasteiger partial charge in [0.05, 0.1) is 12.0 Å². The van der Waals surface area contributed by atoms with Crippen LogP contribution in [0.5, 0.6) is 0 Å². The topological polar surface area (TPSA) is 67.9 Å². The number of rotatable bonds is 3. The van der Waals surface area contributed by atoms with E-state index in [2.05, 4.69) is 5.32 Å². The highest BCUT2D eigenvalue weighted by molar-refractivity contribution is 5.85. The van der Waals surface area contributed by atoms with Crippen LogP contribution < -0.4 is 5.32 Å². The predicted molar refractivity (Wildman–Crippen MR) is 80.0 cm³/mol. The van der Waals surface area contributed by atoms with Gasteiger partial charge in [-0.25, -0.2) is 4.79 Å². The van der Waals surface area contributed by atoms with Gasteiger partial charge in [-0.1, -0.05) is 31.0 Å². The van der Waals surface area contributed by atoms with Gasteiger partial charge in [-0.2, -0.15) is 0 Å².